The van der Waals surface area contributed by atoms with Crippen molar-refractivity contribution in [3.63, 3.8) is 0 Å². The highest BCUT2D eigenvalue weighted by molar-refractivity contribution is 7.85. The number of likely N-dealkylation sites (N-methyl/N-ethyl adjacent to an activating group) is 1. The second-order valence-corrected chi connectivity index (χ2v) is 6.54. The van der Waals surface area contributed by atoms with Crippen LogP contribution in [0, 0.1) is 0 Å². The number of hydrogen-bond acceptors (Lipinski definition) is 4. The maximum absolute atomic E-state index is 11.1. The fourth-order valence-corrected chi connectivity index (χ4v) is 3.01. The Morgan fingerprint density at radius 3 is 2.44 bits per heavy atom. The zero-order valence-corrected chi connectivity index (χ0v) is 11.7. The van der Waals surface area contributed by atoms with E-state index in [9.17, 15) is 8.42 Å². The Bertz CT molecular complexity index is 500. The summed E-state index contributed by atoms with van der Waals surface area (Å²) in [4.78, 5) is 2.16. The van der Waals surface area contributed by atoms with Gasteiger partial charge in [0, 0.05) is 18.0 Å². The highest BCUT2D eigenvalue weighted by Gasteiger charge is 2.44. The van der Waals surface area contributed by atoms with Crippen LogP contribution >= 0.6 is 0 Å². The van der Waals surface area contributed by atoms with E-state index < -0.39 is 10.1 Å². The van der Waals surface area contributed by atoms with Crippen LogP contribution < -0.4 is 0 Å². The van der Waals surface area contributed by atoms with Gasteiger partial charge in [-0.1, -0.05) is 30.3 Å². The van der Waals surface area contributed by atoms with Crippen molar-refractivity contribution >= 4 is 10.1 Å². The molecule has 1 saturated heterocycles. The van der Waals surface area contributed by atoms with Crippen LogP contribution in [0.4, 0.5) is 0 Å². The SMILES string of the molecule is C[C@H]1[C@H](c2ccccc2)[C@@H](COS(C)(=O)=O)N1C. The molecule has 0 radical (unpaired) electrons. The quantitative estimate of drug-likeness (QED) is 0.776. The van der Waals surface area contributed by atoms with E-state index in [1.54, 1.807) is 0 Å². The zero-order valence-electron chi connectivity index (χ0n) is 10.9. The molecule has 1 aromatic carbocycles. The Hall–Kier alpha value is -0.910. The van der Waals surface area contributed by atoms with Crippen LogP contribution in [0.25, 0.3) is 0 Å². The van der Waals surface area contributed by atoms with Gasteiger partial charge in [-0.3, -0.25) is 9.08 Å². The summed E-state index contributed by atoms with van der Waals surface area (Å²) in [5, 5.41) is 0. The first kappa shape index (κ1) is 13.5. The second kappa shape index (κ2) is 4.99. The van der Waals surface area contributed by atoms with Crippen molar-refractivity contribution in [1.82, 2.24) is 4.90 Å². The average molecular weight is 269 g/mol. The highest BCUT2D eigenvalue weighted by Crippen LogP contribution is 2.39. The molecule has 0 bridgehead atoms. The molecule has 5 heteroatoms. The molecule has 100 valence electrons. The topological polar surface area (TPSA) is 46.6 Å². The van der Waals surface area contributed by atoms with Crippen molar-refractivity contribution in [1.29, 1.82) is 0 Å². The van der Waals surface area contributed by atoms with Gasteiger partial charge in [-0.05, 0) is 19.5 Å². The van der Waals surface area contributed by atoms with Gasteiger partial charge in [0.15, 0.2) is 0 Å². The first-order valence-electron chi connectivity index (χ1n) is 6.01. The molecule has 4 nitrogen and oxygen atoms in total. The van der Waals surface area contributed by atoms with Crippen molar-refractivity contribution < 1.29 is 12.6 Å². The molecule has 0 unspecified atom stereocenters. The summed E-state index contributed by atoms with van der Waals surface area (Å²) in [7, 11) is -1.37. The average Bonchev–Trinajstić information content (AvgIpc) is 2.33. The normalized spacial score (nSPS) is 28.9. The predicted molar refractivity (Wildman–Crippen MR) is 71.0 cm³/mol. The summed E-state index contributed by atoms with van der Waals surface area (Å²) in [6.07, 6.45) is 1.09. The third-order valence-electron chi connectivity index (χ3n) is 3.74. The molecule has 18 heavy (non-hydrogen) atoms. The fraction of sp³-hybridized carbons (Fsp3) is 0.538. The van der Waals surface area contributed by atoms with Gasteiger partial charge in [0.2, 0.25) is 0 Å². The van der Waals surface area contributed by atoms with Crippen molar-refractivity contribution in [3.05, 3.63) is 35.9 Å². The lowest BCUT2D eigenvalue weighted by molar-refractivity contribution is -0.00428. The number of hydrogen-bond donors (Lipinski definition) is 0. The summed E-state index contributed by atoms with van der Waals surface area (Å²) in [5.74, 6) is 0.331. The Labute approximate surface area is 109 Å². The first-order chi connectivity index (χ1) is 8.40. The minimum atomic E-state index is -3.37. The van der Waals surface area contributed by atoms with Gasteiger partial charge >= 0.3 is 0 Å². The van der Waals surface area contributed by atoms with E-state index in [4.69, 9.17) is 4.18 Å². The van der Waals surface area contributed by atoms with Crippen LogP contribution in [0.1, 0.15) is 18.4 Å². The van der Waals surface area contributed by atoms with Crippen LogP contribution in [-0.4, -0.2) is 45.3 Å². The largest absolute Gasteiger partial charge is 0.297 e. The maximum atomic E-state index is 11.1. The van der Waals surface area contributed by atoms with Gasteiger partial charge in [0.05, 0.1) is 12.9 Å². The minimum absolute atomic E-state index is 0.122. The fourth-order valence-electron chi connectivity index (χ4n) is 2.62. The standard InChI is InChI=1S/C13H19NO3S/c1-10-13(11-7-5-4-6-8-11)12(14(10)2)9-17-18(3,15)16/h4-8,10,12-13H,9H2,1-3H3/t10-,12+,13+/m0/s1. The Kier molecular flexibility index (Phi) is 3.75. The summed E-state index contributed by atoms with van der Waals surface area (Å²) < 4.78 is 27.1. The van der Waals surface area contributed by atoms with Gasteiger partial charge in [0.1, 0.15) is 0 Å². The molecule has 0 aromatic heterocycles. The summed E-state index contributed by atoms with van der Waals surface area (Å²) >= 11 is 0. The van der Waals surface area contributed by atoms with E-state index in [1.807, 2.05) is 25.2 Å². The monoisotopic (exact) mass is 269 g/mol. The van der Waals surface area contributed by atoms with E-state index in [-0.39, 0.29) is 12.6 Å². The lowest BCUT2D eigenvalue weighted by atomic mass is 9.77. The third kappa shape index (κ3) is 2.74. The van der Waals surface area contributed by atoms with E-state index >= 15 is 0 Å². The van der Waals surface area contributed by atoms with Crippen LogP contribution in [0.2, 0.25) is 0 Å². The predicted octanol–water partition coefficient (Wildman–Crippen LogP) is 1.45. The first-order valence-corrected chi connectivity index (χ1v) is 7.83. The van der Waals surface area contributed by atoms with Gasteiger partial charge in [0.25, 0.3) is 10.1 Å². The molecular weight excluding hydrogens is 250 g/mol. The highest BCUT2D eigenvalue weighted by atomic mass is 32.2. The van der Waals surface area contributed by atoms with E-state index in [2.05, 4.69) is 24.0 Å². The number of benzene rings is 1. The maximum Gasteiger partial charge on any atom is 0.264 e. The van der Waals surface area contributed by atoms with Crippen molar-refractivity contribution in [2.45, 2.75) is 24.9 Å². The lowest BCUT2D eigenvalue weighted by Crippen LogP contribution is -2.60. The molecule has 1 aliphatic heterocycles. The molecule has 1 fully saturated rings. The summed E-state index contributed by atoms with van der Waals surface area (Å²) in [6, 6.07) is 10.7. The van der Waals surface area contributed by atoms with Crippen LogP contribution in [-0.2, 0) is 14.3 Å². The van der Waals surface area contributed by atoms with Gasteiger partial charge in [-0.2, -0.15) is 8.42 Å². The van der Waals surface area contributed by atoms with Gasteiger partial charge < -0.3 is 0 Å². The molecule has 0 aliphatic carbocycles. The van der Waals surface area contributed by atoms with Gasteiger partial charge in [-0.15, -0.1) is 0 Å². The van der Waals surface area contributed by atoms with Crippen molar-refractivity contribution in [2.24, 2.45) is 0 Å². The summed E-state index contributed by atoms with van der Waals surface area (Å²) in [5.41, 5.74) is 1.24. The molecule has 0 saturated carbocycles. The van der Waals surface area contributed by atoms with Crippen molar-refractivity contribution in [2.75, 3.05) is 19.9 Å². The molecule has 0 spiro atoms. The Balaban J connectivity index is 2.10. The molecule has 1 aromatic rings. The molecular formula is C13H19NO3S. The zero-order chi connectivity index (χ0) is 13.3. The van der Waals surface area contributed by atoms with Crippen molar-refractivity contribution in [3.8, 4) is 0 Å². The van der Waals surface area contributed by atoms with Gasteiger partial charge in [-0.25, -0.2) is 0 Å². The Morgan fingerprint density at radius 1 is 1.28 bits per heavy atom. The molecule has 0 N–H and O–H groups in total. The van der Waals surface area contributed by atoms with Crippen LogP contribution in [0.3, 0.4) is 0 Å². The Morgan fingerprint density at radius 2 is 1.89 bits per heavy atom. The van der Waals surface area contributed by atoms with E-state index in [0.717, 1.165) is 6.26 Å². The third-order valence-corrected chi connectivity index (χ3v) is 4.30. The lowest BCUT2D eigenvalue weighted by Gasteiger charge is -2.52. The number of likely N-dealkylation sites (tertiary alicyclic amines) is 1. The molecule has 2 rings (SSSR count). The van der Waals surface area contributed by atoms with E-state index in [1.165, 1.54) is 5.56 Å². The molecule has 0 amide bonds. The molecule has 3 atom stereocenters. The van der Waals surface area contributed by atoms with Crippen LogP contribution in [0.5, 0.6) is 0 Å². The smallest absolute Gasteiger partial charge is 0.264 e. The number of nitrogens with zero attached hydrogens (tertiary/aromatic N) is 1. The molecule has 1 heterocycles. The summed E-state index contributed by atoms with van der Waals surface area (Å²) in [6.45, 7) is 2.37. The van der Waals surface area contributed by atoms with Crippen LogP contribution in [0.15, 0.2) is 30.3 Å². The number of rotatable bonds is 4. The molecule has 1 aliphatic rings. The van der Waals surface area contributed by atoms with E-state index in [0.29, 0.717) is 12.0 Å². The second-order valence-electron chi connectivity index (χ2n) is 4.90. The minimum Gasteiger partial charge on any atom is -0.297 e.